The van der Waals surface area contributed by atoms with Gasteiger partial charge in [-0.3, -0.25) is 0 Å². The van der Waals surface area contributed by atoms with Gasteiger partial charge in [0.15, 0.2) is 6.17 Å². The second-order valence-corrected chi connectivity index (χ2v) is 1.79. The molecule has 5 heteroatoms. The van der Waals surface area contributed by atoms with Gasteiger partial charge < -0.3 is 15.4 Å². The van der Waals surface area contributed by atoms with E-state index in [2.05, 4.69) is 4.98 Å². The molecule has 1 rings (SSSR count). The van der Waals surface area contributed by atoms with Crippen LogP contribution >= 0.6 is 0 Å². The largest absolute Gasteiger partial charge is 0.479 e. The Morgan fingerprint density at radius 1 is 1.80 bits per heavy atom. The molecule has 0 radical (unpaired) electrons. The Morgan fingerprint density at radius 2 is 2.50 bits per heavy atom. The molecule has 0 aromatic carbocycles. The number of hydrogen-bond donors (Lipinski definition) is 2. The van der Waals surface area contributed by atoms with E-state index in [0.29, 0.717) is 0 Å². The van der Waals surface area contributed by atoms with Crippen LogP contribution in [-0.2, 0) is 4.79 Å². The molecule has 0 aliphatic heterocycles. The first kappa shape index (κ1) is 6.76. The molecule has 1 aromatic rings. The van der Waals surface area contributed by atoms with Gasteiger partial charge in [0, 0.05) is 12.4 Å². The van der Waals surface area contributed by atoms with E-state index in [1.54, 1.807) is 0 Å². The molecule has 0 bridgehead atoms. The highest BCUT2D eigenvalue weighted by atomic mass is 16.4. The Bertz CT molecular complexity index is 219. The van der Waals surface area contributed by atoms with Crippen LogP contribution in [0.2, 0.25) is 0 Å². The Labute approximate surface area is 57.1 Å². The van der Waals surface area contributed by atoms with Crippen molar-refractivity contribution in [2.24, 2.45) is 5.73 Å². The maximum Gasteiger partial charge on any atom is 0.341 e. The van der Waals surface area contributed by atoms with Gasteiger partial charge in [0.25, 0.3) is 0 Å². The Balaban J connectivity index is 2.77. The summed E-state index contributed by atoms with van der Waals surface area (Å²) in [5.41, 5.74) is 5.21. The highest BCUT2D eigenvalue weighted by molar-refractivity contribution is 5.70. The first-order valence-corrected chi connectivity index (χ1v) is 2.67. The highest BCUT2D eigenvalue weighted by Crippen LogP contribution is 1.95. The quantitative estimate of drug-likeness (QED) is 0.577. The average molecular weight is 141 g/mol. The summed E-state index contributed by atoms with van der Waals surface area (Å²) >= 11 is 0. The van der Waals surface area contributed by atoms with E-state index in [1.165, 1.54) is 23.3 Å². The van der Waals surface area contributed by atoms with Crippen LogP contribution in [0.3, 0.4) is 0 Å². The van der Waals surface area contributed by atoms with E-state index in [-0.39, 0.29) is 0 Å². The summed E-state index contributed by atoms with van der Waals surface area (Å²) in [6, 6.07) is 0. The molecular formula is C5H7N3O2. The minimum absolute atomic E-state index is 1.03. The van der Waals surface area contributed by atoms with Gasteiger partial charge in [0.2, 0.25) is 0 Å². The predicted molar refractivity (Wildman–Crippen MR) is 33.1 cm³/mol. The molecule has 0 saturated heterocycles. The number of carbonyl (C=O) groups is 1. The molecule has 5 nitrogen and oxygen atoms in total. The van der Waals surface area contributed by atoms with Gasteiger partial charge in [0.1, 0.15) is 0 Å². The van der Waals surface area contributed by atoms with Crippen LogP contribution in [0.25, 0.3) is 0 Å². The van der Waals surface area contributed by atoms with Gasteiger partial charge in [-0.25, -0.2) is 9.78 Å². The zero-order valence-electron chi connectivity index (χ0n) is 5.14. The van der Waals surface area contributed by atoms with Crippen LogP contribution in [-0.4, -0.2) is 20.6 Å². The van der Waals surface area contributed by atoms with Crippen molar-refractivity contribution in [3.8, 4) is 0 Å². The van der Waals surface area contributed by atoms with Crippen molar-refractivity contribution in [1.29, 1.82) is 0 Å². The van der Waals surface area contributed by atoms with E-state index >= 15 is 0 Å². The lowest BCUT2D eigenvalue weighted by Crippen LogP contribution is -2.26. The summed E-state index contributed by atoms with van der Waals surface area (Å²) in [6.45, 7) is 0. The minimum Gasteiger partial charge on any atom is -0.479 e. The van der Waals surface area contributed by atoms with Crippen molar-refractivity contribution in [1.82, 2.24) is 9.55 Å². The number of nitrogens with two attached hydrogens (primary N) is 1. The number of nitrogens with zero attached hydrogens (tertiary/aromatic N) is 2. The Morgan fingerprint density at radius 3 is 2.90 bits per heavy atom. The number of aromatic nitrogens is 2. The van der Waals surface area contributed by atoms with E-state index in [4.69, 9.17) is 10.8 Å². The van der Waals surface area contributed by atoms with Crippen molar-refractivity contribution in [3.05, 3.63) is 18.7 Å². The number of rotatable bonds is 2. The van der Waals surface area contributed by atoms with E-state index in [9.17, 15) is 4.79 Å². The number of imidazole rings is 1. The van der Waals surface area contributed by atoms with E-state index in [1.807, 2.05) is 0 Å². The second kappa shape index (κ2) is 2.49. The van der Waals surface area contributed by atoms with Crippen molar-refractivity contribution in [2.75, 3.05) is 0 Å². The monoisotopic (exact) mass is 141 g/mol. The van der Waals surface area contributed by atoms with Crippen LogP contribution in [0.5, 0.6) is 0 Å². The van der Waals surface area contributed by atoms with Crippen molar-refractivity contribution in [2.45, 2.75) is 6.17 Å². The van der Waals surface area contributed by atoms with E-state index < -0.39 is 12.1 Å². The summed E-state index contributed by atoms with van der Waals surface area (Å²) in [5.74, 6) is -1.07. The molecular weight excluding hydrogens is 134 g/mol. The fourth-order valence-corrected chi connectivity index (χ4v) is 0.562. The standard InChI is InChI=1S/C5H7N3O2/c6-4(5(9)10)8-2-1-7-3-8/h1-4H,6H2,(H,9,10). The van der Waals surface area contributed by atoms with Crippen LogP contribution in [0.1, 0.15) is 6.17 Å². The predicted octanol–water partition coefficient (Wildman–Crippen LogP) is -0.575. The summed E-state index contributed by atoms with van der Waals surface area (Å²) in [5, 5.41) is 8.38. The average Bonchev–Trinajstić information content (AvgIpc) is 2.36. The molecule has 54 valence electrons. The number of carboxylic acid groups (broad SMARTS) is 1. The zero-order chi connectivity index (χ0) is 7.56. The van der Waals surface area contributed by atoms with Crippen LogP contribution in [0.15, 0.2) is 18.7 Å². The highest BCUT2D eigenvalue weighted by Gasteiger charge is 2.11. The van der Waals surface area contributed by atoms with E-state index in [0.717, 1.165) is 0 Å². The molecule has 0 spiro atoms. The first-order chi connectivity index (χ1) is 4.72. The first-order valence-electron chi connectivity index (χ1n) is 2.67. The summed E-state index contributed by atoms with van der Waals surface area (Å²) < 4.78 is 1.31. The molecule has 10 heavy (non-hydrogen) atoms. The van der Waals surface area contributed by atoms with Gasteiger partial charge in [-0.15, -0.1) is 0 Å². The van der Waals surface area contributed by atoms with Gasteiger partial charge >= 0.3 is 5.97 Å². The SMILES string of the molecule is NC(C(=O)O)n1ccnc1. The molecule has 0 fully saturated rings. The fraction of sp³-hybridized carbons (Fsp3) is 0.200. The van der Waals surface area contributed by atoms with Crippen molar-refractivity contribution < 1.29 is 9.90 Å². The maximum atomic E-state index is 10.2. The third-order valence-corrected chi connectivity index (χ3v) is 1.10. The lowest BCUT2D eigenvalue weighted by Gasteiger charge is -2.05. The lowest BCUT2D eigenvalue weighted by atomic mass is 10.5. The summed E-state index contributed by atoms with van der Waals surface area (Å²) in [6.07, 6.45) is 3.31. The molecule has 0 amide bonds. The number of aliphatic carboxylic acids is 1. The molecule has 0 aliphatic rings. The number of hydrogen-bond acceptors (Lipinski definition) is 3. The second-order valence-electron chi connectivity index (χ2n) is 1.79. The third-order valence-electron chi connectivity index (χ3n) is 1.10. The summed E-state index contributed by atoms with van der Waals surface area (Å²) in [7, 11) is 0. The topological polar surface area (TPSA) is 81.1 Å². The van der Waals surface area contributed by atoms with Gasteiger partial charge in [-0.05, 0) is 0 Å². The normalized spacial score (nSPS) is 12.9. The van der Waals surface area contributed by atoms with Crippen LogP contribution < -0.4 is 5.73 Å². The summed E-state index contributed by atoms with van der Waals surface area (Å²) in [4.78, 5) is 13.9. The lowest BCUT2D eigenvalue weighted by molar-refractivity contribution is -0.140. The fourth-order valence-electron chi connectivity index (χ4n) is 0.562. The molecule has 0 saturated carbocycles. The minimum atomic E-state index is -1.07. The van der Waals surface area contributed by atoms with Crippen LogP contribution in [0.4, 0.5) is 0 Å². The van der Waals surface area contributed by atoms with Crippen molar-refractivity contribution >= 4 is 5.97 Å². The maximum absolute atomic E-state index is 10.2. The zero-order valence-corrected chi connectivity index (χ0v) is 5.14. The molecule has 1 aromatic heterocycles. The van der Waals surface area contributed by atoms with Gasteiger partial charge in [-0.1, -0.05) is 0 Å². The van der Waals surface area contributed by atoms with Gasteiger partial charge in [0.05, 0.1) is 6.33 Å². The van der Waals surface area contributed by atoms with Crippen molar-refractivity contribution in [3.63, 3.8) is 0 Å². The molecule has 0 aliphatic carbocycles. The smallest absolute Gasteiger partial charge is 0.341 e. The third kappa shape index (κ3) is 1.14. The molecule has 1 unspecified atom stereocenters. The van der Waals surface area contributed by atoms with Crippen LogP contribution in [0, 0.1) is 0 Å². The number of carboxylic acids is 1. The Hall–Kier alpha value is -1.36. The molecule has 1 heterocycles. The Kier molecular flexibility index (Phi) is 1.68. The van der Waals surface area contributed by atoms with Gasteiger partial charge in [-0.2, -0.15) is 0 Å². The molecule has 3 N–H and O–H groups in total. The molecule has 1 atom stereocenters.